The highest BCUT2D eigenvalue weighted by atomic mass is 32.1. The van der Waals surface area contributed by atoms with Gasteiger partial charge in [0.05, 0.1) is 4.88 Å². The summed E-state index contributed by atoms with van der Waals surface area (Å²) < 4.78 is 36.5. The summed E-state index contributed by atoms with van der Waals surface area (Å²) in [5.74, 6) is -0.878. The van der Waals surface area contributed by atoms with Crippen molar-refractivity contribution in [2.24, 2.45) is 11.7 Å². The quantitative estimate of drug-likeness (QED) is 0.819. The van der Waals surface area contributed by atoms with E-state index < -0.39 is 22.9 Å². The molecule has 84 valence electrons. The van der Waals surface area contributed by atoms with E-state index in [1.54, 1.807) is 6.92 Å². The number of thiazole rings is 1. The highest BCUT2D eigenvalue weighted by Crippen LogP contribution is 2.32. The molecule has 0 aliphatic heterocycles. The molecule has 7 heteroatoms. The minimum atomic E-state index is -4.49. The van der Waals surface area contributed by atoms with Gasteiger partial charge in [-0.05, 0) is 0 Å². The van der Waals surface area contributed by atoms with Gasteiger partial charge in [-0.25, -0.2) is 4.98 Å². The normalized spacial score (nSPS) is 13.9. The number of nitrogens with zero attached hydrogens (tertiary/aromatic N) is 1. The third kappa shape index (κ3) is 2.75. The van der Waals surface area contributed by atoms with E-state index in [9.17, 15) is 18.0 Å². The summed E-state index contributed by atoms with van der Waals surface area (Å²) in [7, 11) is 0. The Kier molecular flexibility index (Phi) is 3.46. The summed E-state index contributed by atoms with van der Waals surface area (Å²) in [5.41, 5.74) is 5.24. The van der Waals surface area contributed by atoms with E-state index in [4.69, 9.17) is 5.73 Å². The summed E-state index contributed by atoms with van der Waals surface area (Å²) in [5, 5.41) is -1.00. The summed E-state index contributed by atoms with van der Waals surface area (Å²) in [6, 6.07) is 0. The molecular formula is C8H9F3N2OS. The van der Waals surface area contributed by atoms with Crippen LogP contribution in [0.25, 0.3) is 0 Å². The molecule has 2 N–H and O–H groups in total. The lowest BCUT2D eigenvalue weighted by Crippen LogP contribution is -2.19. The molecule has 0 saturated carbocycles. The molecule has 0 aliphatic rings. The van der Waals surface area contributed by atoms with Crippen LogP contribution in [0.3, 0.4) is 0 Å². The second-order valence-electron chi connectivity index (χ2n) is 3.03. The Morgan fingerprint density at radius 2 is 2.27 bits per heavy atom. The Hall–Kier alpha value is -0.950. The molecule has 1 heterocycles. The third-order valence-electron chi connectivity index (χ3n) is 1.79. The highest BCUT2D eigenvalue weighted by molar-refractivity contribution is 7.13. The van der Waals surface area contributed by atoms with Gasteiger partial charge in [0, 0.05) is 18.7 Å². The fourth-order valence-electron chi connectivity index (χ4n) is 0.869. The van der Waals surface area contributed by atoms with Gasteiger partial charge in [0.25, 0.3) is 0 Å². The Bertz CT molecular complexity index is 361. The third-order valence-corrected chi connectivity index (χ3v) is 2.85. The van der Waals surface area contributed by atoms with Crippen molar-refractivity contribution in [3.63, 3.8) is 0 Å². The van der Waals surface area contributed by atoms with E-state index in [1.807, 2.05) is 0 Å². The van der Waals surface area contributed by atoms with Gasteiger partial charge < -0.3 is 5.73 Å². The first kappa shape index (κ1) is 12.1. The number of alkyl halides is 3. The Balaban J connectivity index is 2.90. The van der Waals surface area contributed by atoms with Crippen molar-refractivity contribution in [3.8, 4) is 0 Å². The van der Waals surface area contributed by atoms with Crippen LogP contribution in [0.5, 0.6) is 0 Å². The van der Waals surface area contributed by atoms with Crippen LogP contribution in [-0.4, -0.2) is 17.3 Å². The number of ketones is 1. The van der Waals surface area contributed by atoms with Gasteiger partial charge in [-0.15, -0.1) is 11.3 Å². The number of hydrogen-bond donors (Lipinski definition) is 1. The van der Waals surface area contributed by atoms with Crippen LogP contribution in [0.4, 0.5) is 13.2 Å². The molecule has 15 heavy (non-hydrogen) atoms. The minimum absolute atomic E-state index is 0.000255. The monoisotopic (exact) mass is 238 g/mol. The molecule has 1 rings (SSSR count). The first-order valence-electron chi connectivity index (χ1n) is 4.13. The van der Waals surface area contributed by atoms with Crippen LogP contribution in [0, 0.1) is 5.92 Å². The number of halogens is 3. The molecule has 0 aromatic carbocycles. The lowest BCUT2D eigenvalue weighted by Gasteiger charge is -2.03. The zero-order chi connectivity index (χ0) is 11.6. The molecule has 0 spiro atoms. The van der Waals surface area contributed by atoms with E-state index in [0.29, 0.717) is 11.3 Å². The smallest absolute Gasteiger partial charge is 0.330 e. The number of rotatable bonds is 3. The van der Waals surface area contributed by atoms with Crippen LogP contribution < -0.4 is 5.73 Å². The molecule has 0 bridgehead atoms. The average Bonchev–Trinajstić information content (AvgIpc) is 2.63. The van der Waals surface area contributed by atoms with Crippen molar-refractivity contribution < 1.29 is 18.0 Å². The Morgan fingerprint density at radius 3 is 2.67 bits per heavy atom. The van der Waals surface area contributed by atoms with Crippen LogP contribution >= 0.6 is 11.3 Å². The maximum Gasteiger partial charge on any atom is 0.443 e. The van der Waals surface area contributed by atoms with Crippen LogP contribution in [0.1, 0.15) is 21.6 Å². The van der Waals surface area contributed by atoms with Crippen molar-refractivity contribution in [1.82, 2.24) is 4.98 Å². The van der Waals surface area contributed by atoms with Crippen molar-refractivity contribution in [2.45, 2.75) is 13.1 Å². The second kappa shape index (κ2) is 4.28. The topological polar surface area (TPSA) is 56.0 Å². The number of carbonyl (C=O) groups excluding carboxylic acids is 1. The Labute approximate surface area is 88.1 Å². The highest BCUT2D eigenvalue weighted by Gasteiger charge is 2.35. The molecule has 3 nitrogen and oxygen atoms in total. The summed E-state index contributed by atoms with van der Waals surface area (Å²) in [6.45, 7) is 1.67. The average molecular weight is 238 g/mol. The van der Waals surface area contributed by atoms with Crippen LogP contribution in [-0.2, 0) is 6.18 Å². The second-order valence-corrected chi connectivity index (χ2v) is 4.06. The zero-order valence-electron chi connectivity index (χ0n) is 7.84. The van der Waals surface area contributed by atoms with E-state index in [-0.39, 0.29) is 11.4 Å². The van der Waals surface area contributed by atoms with Gasteiger partial charge in [-0.3, -0.25) is 4.79 Å². The summed E-state index contributed by atoms with van der Waals surface area (Å²) in [4.78, 5) is 14.6. The first-order chi connectivity index (χ1) is 6.86. The number of hydrogen-bond acceptors (Lipinski definition) is 4. The van der Waals surface area contributed by atoms with Gasteiger partial charge in [0.2, 0.25) is 0 Å². The number of nitrogens with two attached hydrogens (primary N) is 1. The van der Waals surface area contributed by atoms with E-state index >= 15 is 0 Å². The predicted octanol–water partition coefficient (Wildman–Crippen LogP) is 1.94. The van der Waals surface area contributed by atoms with Gasteiger partial charge >= 0.3 is 6.18 Å². The maximum absolute atomic E-state index is 12.2. The van der Waals surface area contributed by atoms with E-state index in [0.717, 1.165) is 6.20 Å². The fraction of sp³-hybridized carbons (Fsp3) is 0.500. The SMILES string of the molecule is CC(CN)C(=O)c1cnc(C(F)(F)F)s1. The molecule has 1 aromatic heterocycles. The van der Waals surface area contributed by atoms with Gasteiger partial charge in [-0.2, -0.15) is 13.2 Å². The molecular weight excluding hydrogens is 229 g/mol. The van der Waals surface area contributed by atoms with Crippen molar-refractivity contribution >= 4 is 17.1 Å². The zero-order valence-corrected chi connectivity index (χ0v) is 8.65. The van der Waals surface area contributed by atoms with Crippen molar-refractivity contribution in [1.29, 1.82) is 0 Å². The van der Waals surface area contributed by atoms with Crippen molar-refractivity contribution in [2.75, 3.05) is 6.54 Å². The molecule has 1 atom stereocenters. The van der Waals surface area contributed by atoms with Crippen LogP contribution in [0.2, 0.25) is 0 Å². The molecule has 1 unspecified atom stereocenters. The first-order valence-corrected chi connectivity index (χ1v) is 4.95. The molecule has 0 aliphatic carbocycles. The molecule has 0 amide bonds. The van der Waals surface area contributed by atoms with E-state index in [2.05, 4.69) is 4.98 Å². The molecule has 0 saturated heterocycles. The largest absolute Gasteiger partial charge is 0.443 e. The lowest BCUT2D eigenvalue weighted by atomic mass is 10.1. The number of Topliss-reactive ketones (excluding diaryl/α,β-unsaturated/α-hetero) is 1. The van der Waals surface area contributed by atoms with E-state index in [1.165, 1.54) is 0 Å². The standard InChI is InChI=1S/C8H9F3N2OS/c1-4(2-12)6(14)5-3-13-7(15-5)8(9,10)11/h3-4H,2,12H2,1H3. The maximum atomic E-state index is 12.2. The number of aromatic nitrogens is 1. The van der Waals surface area contributed by atoms with Crippen LogP contribution in [0.15, 0.2) is 6.20 Å². The lowest BCUT2D eigenvalue weighted by molar-refractivity contribution is -0.137. The Morgan fingerprint density at radius 1 is 1.67 bits per heavy atom. The van der Waals surface area contributed by atoms with Gasteiger partial charge in [0.1, 0.15) is 0 Å². The molecule has 0 fully saturated rings. The van der Waals surface area contributed by atoms with Crippen molar-refractivity contribution in [3.05, 3.63) is 16.1 Å². The summed E-state index contributed by atoms with van der Waals surface area (Å²) in [6.07, 6.45) is -3.54. The number of carbonyl (C=O) groups is 1. The molecule has 0 radical (unpaired) electrons. The minimum Gasteiger partial charge on any atom is -0.330 e. The van der Waals surface area contributed by atoms with Gasteiger partial charge in [0.15, 0.2) is 10.8 Å². The van der Waals surface area contributed by atoms with Gasteiger partial charge in [-0.1, -0.05) is 6.92 Å². The summed E-state index contributed by atoms with van der Waals surface area (Å²) >= 11 is 0.350. The fourth-order valence-corrected chi connectivity index (χ4v) is 1.71. The predicted molar refractivity (Wildman–Crippen MR) is 49.7 cm³/mol. The molecule has 1 aromatic rings.